The molecule has 0 aliphatic carbocycles. The van der Waals surface area contributed by atoms with Crippen molar-refractivity contribution in [3.05, 3.63) is 170 Å². The van der Waals surface area contributed by atoms with Crippen molar-refractivity contribution in [2.45, 2.75) is 322 Å². The normalized spacial score (nSPS) is 14.8. The van der Waals surface area contributed by atoms with E-state index < -0.39 is 91.5 Å². The van der Waals surface area contributed by atoms with Crippen molar-refractivity contribution in [3.8, 4) is 0 Å². The third-order valence-electron chi connectivity index (χ3n) is 16.4. The molecule has 0 saturated carbocycles. The summed E-state index contributed by atoms with van der Waals surface area (Å²) in [7, 11) is -9.82. The van der Waals surface area contributed by atoms with Crippen LogP contribution in [-0.2, 0) is 55.8 Å². The zero-order valence-electron chi connectivity index (χ0n) is 65.3. The van der Waals surface area contributed by atoms with Crippen molar-refractivity contribution < 1.29 is 75.8 Å². The number of aliphatic hydroxyl groups excluding tert-OH is 2. The van der Waals surface area contributed by atoms with Crippen LogP contribution in [-0.4, -0.2) is 95.9 Å². The number of unbranched alkanes of at least 4 members (excludes halogenated alkanes) is 24. The van der Waals surface area contributed by atoms with Gasteiger partial charge >= 0.3 is 33.6 Å². The minimum atomic E-state index is -4.95. The van der Waals surface area contributed by atoms with E-state index in [2.05, 4.69) is 191 Å². The Hall–Kier alpha value is -5.09. The summed E-state index contributed by atoms with van der Waals surface area (Å²) < 4.78 is 61.2. The molecule has 0 aromatic heterocycles. The van der Waals surface area contributed by atoms with Crippen molar-refractivity contribution in [1.82, 2.24) is 0 Å². The number of allylic oxidation sites excluding steroid dienone is 28. The van der Waals surface area contributed by atoms with Crippen molar-refractivity contribution in [1.29, 1.82) is 0 Å². The van der Waals surface area contributed by atoms with E-state index in [9.17, 15) is 43.5 Å². The van der Waals surface area contributed by atoms with Gasteiger partial charge in [-0.1, -0.05) is 294 Å². The van der Waals surface area contributed by atoms with Crippen molar-refractivity contribution in [3.63, 3.8) is 0 Å². The molecule has 0 bridgehead atoms. The van der Waals surface area contributed by atoms with Gasteiger partial charge in [0.15, 0.2) is 6.10 Å². The molecule has 16 nitrogen and oxygen atoms in total. The van der Waals surface area contributed by atoms with Gasteiger partial charge in [-0.25, -0.2) is 9.13 Å². The highest BCUT2D eigenvalue weighted by molar-refractivity contribution is 7.47. The van der Waals surface area contributed by atoms with Gasteiger partial charge in [0, 0.05) is 19.3 Å². The van der Waals surface area contributed by atoms with Gasteiger partial charge in [0.25, 0.3) is 0 Å². The Labute approximate surface area is 637 Å². The molecule has 4 N–H and O–H groups in total. The van der Waals surface area contributed by atoms with E-state index in [0.29, 0.717) is 19.3 Å². The summed E-state index contributed by atoms with van der Waals surface area (Å²) in [4.78, 5) is 58.8. The summed E-state index contributed by atoms with van der Waals surface area (Å²) in [5.41, 5.74) is 0. The molecule has 105 heavy (non-hydrogen) atoms. The second kappa shape index (κ2) is 78.5. The van der Waals surface area contributed by atoms with Crippen LogP contribution in [0.5, 0.6) is 0 Å². The maximum atomic E-state index is 13.0. The summed E-state index contributed by atoms with van der Waals surface area (Å²) in [6.07, 6.45) is 99.5. The van der Waals surface area contributed by atoms with Crippen LogP contribution in [0, 0.1) is 0 Å². The molecular formula is C87H144O16P2. The van der Waals surface area contributed by atoms with Gasteiger partial charge in [-0.05, 0) is 161 Å². The first-order valence-corrected chi connectivity index (χ1v) is 43.4. The van der Waals surface area contributed by atoms with Gasteiger partial charge in [0.1, 0.15) is 25.4 Å². The number of aliphatic hydroxyl groups is 2. The Morgan fingerprint density at radius 2 is 0.505 bits per heavy atom. The van der Waals surface area contributed by atoms with E-state index in [0.717, 1.165) is 193 Å². The Morgan fingerprint density at radius 3 is 0.800 bits per heavy atom. The average molecular weight is 1510 g/mol. The van der Waals surface area contributed by atoms with Crippen LogP contribution in [0.15, 0.2) is 170 Å². The molecule has 5 unspecified atom stereocenters. The second-order valence-corrected chi connectivity index (χ2v) is 29.4. The molecule has 0 aromatic rings. The molecule has 5 atom stereocenters. The molecule has 0 fully saturated rings. The molecule has 0 amide bonds. The number of rotatable bonds is 75. The fourth-order valence-corrected chi connectivity index (χ4v) is 11.8. The molecule has 0 radical (unpaired) electrons. The number of phosphoric ester groups is 2. The molecule has 0 spiro atoms. The van der Waals surface area contributed by atoms with E-state index in [1.807, 2.05) is 0 Å². The van der Waals surface area contributed by atoms with E-state index >= 15 is 0 Å². The van der Waals surface area contributed by atoms with Crippen molar-refractivity contribution in [2.75, 3.05) is 39.6 Å². The first kappa shape index (κ1) is 99.9. The van der Waals surface area contributed by atoms with Crippen LogP contribution in [0.25, 0.3) is 0 Å². The number of hydrogen-bond acceptors (Lipinski definition) is 14. The lowest BCUT2D eigenvalue weighted by molar-refractivity contribution is -0.161. The monoisotopic (exact) mass is 1510 g/mol. The number of hydrogen-bond donors (Lipinski definition) is 4. The topological polar surface area (TPSA) is 231 Å². The van der Waals surface area contributed by atoms with Crippen LogP contribution in [0.2, 0.25) is 0 Å². The number of ether oxygens (including phenoxy) is 3. The third kappa shape index (κ3) is 79.8. The first-order chi connectivity index (χ1) is 51.2. The van der Waals surface area contributed by atoms with Crippen LogP contribution < -0.4 is 0 Å². The molecule has 18 heteroatoms. The van der Waals surface area contributed by atoms with Gasteiger partial charge < -0.3 is 34.2 Å². The number of phosphoric acid groups is 2. The Balaban J connectivity index is 4.78. The molecule has 0 aromatic carbocycles. The van der Waals surface area contributed by atoms with Crippen molar-refractivity contribution in [2.24, 2.45) is 0 Å². The fourth-order valence-electron chi connectivity index (χ4n) is 10.2. The Morgan fingerprint density at radius 1 is 0.276 bits per heavy atom. The zero-order valence-corrected chi connectivity index (χ0v) is 67.1. The Bertz CT molecular complexity index is 2590. The standard InChI is InChI=1S/C87H144O16P2/c1-4-7-10-13-16-19-22-25-28-31-34-37-40-43-46-49-52-55-58-61-64-67-70-73-85(90)97-76-82(88)77-99-104(93,94)100-78-83(89)79-101-105(95,96)102-81-84(103-87(92)75-72-69-66-63-60-57-54-51-48-45-42-39-36-33-30-27-24-21-18-15-12-9-6-3)80-98-86(91)74-71-68-65-62-59-56-53-50-47-44-41-38-35-32-29-26-23-20-17-14-11-8-5-2/h7,10,16-21,25-30,34-39,43-48,52,55,82-84,88-89H,4-6,8-9,11-15,22-24,31-33,40-42,49-51,53-54,56-81H2,1-3H3,(H,93,94)(H,95,96)/b10-7-,19-16-,20-17-,21-18-,28-25-,29-26-,30-27-,37-34-,38-35-,39-36-,46-43-,47-44-,48-45-,55-52-. The lowest BCUT2D eigenvalue weighted by Gasteiger charge is -2.21. The summed E-state index contributed by atoms with van der Waals surface area (Å²) in [5.74, 6) is -1.63. The highest BCUT2D eigenvalue weighted by atomic mass is 31.2. The number of carbonyl (C=O) groups is 3. The van der Waals surface area contributed by atoms with Crippen LogP contribution in [0.3, 0.4) is 0 Å². The summed E-state index contributed by atoms with van der Waals surface area (Å²) in [6, 6.07) is 0. The highest BCUT2D eigenvalue weighted by Gasteiger charge is 2.29. The van der Waals surface area contributed by atoms with Crippen molar-refractivity contribution >= 4 is 33.6 Å². The third-order valence-corrected chi connectivity index (χ3v) is 18.3. The largest absolute Gasteiger partial charge is 0.472 e. The summed E-state index contributed by atoms with van der Waals surface area (Å²) in [6.45, 7) is 2.45. The lowest BCUT2D eigenvalue weighted by Crippen LogP contribution is -2.30. The van der Waals surface area contributed by atoms with Crippen LogP contribution >= 0.6 is 15.6 Å². The number of esters is 3. The van der Waals surface area contributed by atoms with Gasteiger partial charge in [-0.15, -0.1) is 0 Å². The molecule has 0 aliphatic heterocycles. The molecule has 0 saturated heterocycles. The zero-order chi connectivity index (χ0) is 76.6. The van der Waals surface area contributed by atoms with Crippen LogP contribution in [0.4, 0.5) is 0 Å². The van der Waals surface area contributed by atoms with Gasteiger partial charge in [-0.2, -0.15) is 0 Å². The van der Waals surface area contributed by atoms with Gasteiger partial charge in [0.2, 0.25) is 0 Å². The minimum Gasteiger partial charge on any atom is -0.463 e. The summed E-state index contributed by atoms with van der Waals surface area (Å²) >= 11 is 0. The molecule has 0 heterocycles. The Kier molecular flexibility index (Phi) is 74.7. The average Bonchev–Trinajstić information content (AvgIpc) is 0.962. The SMILES string of the molecule is CC/C=C\C/C=C\C/C=C\C/C=C\C/C=C\C/C=C\CCCCCCC(=O)OCC(O)COP(=O)(O)OCC(O)COP(=O)(O)OCC(COC(=O)CCCCCCCCC/C=C\C/C=C\C/C=C\C/C=C\CCCCC)OC(=O)CCCCCCCCC/C=C\C/C=C\C/C=C\C/C=C\CCCCC. The smallest absolute Gasteiger partial charge is 0.463 e. The van der Waals surface area contributed by atoms with E-state index in [1.54, 1.807) is 0 Å². The van der Waals surface area contributed by atoms with E-state index in [-0.39, 0.29) is 19.3 Å². The molecule has 598 valence electrons. The minimum absolute atomic E-state index is 0.0828. The molecular weight excluding hydrogens is 1360 g/mol. The lowest BCUT2D eigenvalue weighted by atomic mass is 10.1. The second-order valence-electron chi connectivity index (χ2n) is 26.5. The van der Waals surface area contributed by atoms with Crippen LogP contribution in [0.1, 0.15) is 303 Å². The number of carbonyl (C=O) groups excluding carboxylic acids is 3. The first-order valence-electron chi connectivity index (χ1n) is 40.4. The van der Waals surface area contributed by atoms with E-state index in [1.165, 1.54) is 51.4 Å². The predicted octanol–water partition coefficient (Wildman–Crippen LogP) is 24.0. The molecule has 0 aliphatic rings. The quantitative estimate of drug-likeness (QED) is 0.0146. The molecule has 0 rings (SSSR count). The van der Waals surface area contributed by atoms with Gasteiger partial charge in [0.05, 0.1) is 26.4 Å². The maximum Gasteiger partial charge on any atom is 0.472 e. The summed E-state index contributed by atoms with van der Waals surface area (Å²) in [5, 5.41) is 20.7. The van der Waals surface area contributed by atoms with E-state index in [4.69, 9.17) is 32.3 Å². The predicted molar refractivity (Wildman–Crippen MR) is 435 cm³/mol. The highest BCUT2D eigenvalue weighted by Crippen LogP contribution is 2.45. The fraction of sp³-hybridized carbons (Fsp3) is 0.644. The maximum absolute atomic E-state index is 13.0. The van der Waals surface area contributed by atoms with Gasteiger partial charge in [-0.3, -0.25) is 32.5 Å².